The molecule has 1 heterocycles. The number of amides is 4. The van der Waals surface area contributed by atoms with E-state index in [0.717, 1.165) is 25.7 Å². The SMILES string of the molecule is O=C(C[C@@H]1C(=O)N[C@@H]2CCCC[C@H]2N1C(=O)Nc1ccccc1)Nc1cc(Cl)cc(Cl)c1. The molecule has 0 unspecified atom stereocenters. The molecule has 2 aromatic carbocycles. The Balaban J connectivity index is 1.54. The van der Waals surface area contributed by atoms with Crippen LogP contribution < -0.4 is 16.0 Å². The first-order valence-electron chi connectivity index (χ1n) is 10.6. The average molecular weight is 475 g/mol. The van der Waals surface area contributed by atoms with Crippen LogP contribution in [0.25, 0.3) is 0 Å². The monoisotopic (exact) mass is 474 g/mol. The van der Waals surface area contributed by atoms with E-state index in [2.05, 4.69) is 16.0 Å². The van der Waals surface area contributed by atoms with Gasteiger partial charge in [0.2, 0.25) is 11.8 Å². The highest BCUT2D eigenvalue weighted by Gasteiger charge is 2.46. The molecule has 0 radical (unpaired) electrons. The highest BCUT2D eigenvalue weighted by atomic mass is 35.5. The Morgan fingerprint density at radius 2 is 1.66 bits per heavy atom. The molecule has 0 aromatic heterocycles. The van der Waals surface area contributed by atoms with Crippen LogP contribution in [0.2, 0.25) is 10.0 Å². The van der Waals surface area contributed by atoms with Crippen LogP contribution in [0.15, 0.2) is 48.5 Å². The maximum atomic E-state index is 13.3. The van der Waals surface area contributed by atoms with Crippen molar-refractivity contribution in [3.05, 3.63) is 58.6 Å². The summed E-state index contributed by atoms with van der Waals surface area (Å²) in [5.41, 5.74) is 1.06. The van der Waals surface area contributed by atoms with Gasteiger partial charge in [0.25, 0.3) is 0 Å². The molecule has 4 amide bonds. The van der Waals surface area contributed by atoms with Gasteiger partial charge >= 0.3 is 6.03 Å². The van der Waals surface area contributed by atoms with Crippen molar-refractivity contribution in [1.29, 1.82) is 0 Å². The zero-order chi connectivity index (χ0) is 22.7. The van der Waals surface area contributed by atoms with Crippen LogP contribution in [0.1, 0.15) is 32.1 Å². The second-order valence-electron chi connectivity index (χ2n) is 8.10. The van der Waals surface area contributed by atoms with Gasteiger partial charge in [0.15, 0.2) is 0 Å². The van der Waals surface area contributed by atoms with Crippen LogP contribution in [-0.2, 0) is 9.59 Å². The first-order valence-corrected chi connectivity index (χ1v) is 11.4. The van der Waals surface area contributed by atoms with Crippen LogP contribution in [0.4, 0.5) is 16.2 Å². The summed E-state index contributed by atoms with van der Waals surface area (Å²) in [6, 6.07) is 12.2. The summed E-state index contributed by atoms with van der Waals surface area (Å²) in [5.74, 6) is -0.731. The van der Waals surface area contributed by atoms with Crippen molar-refractivity contribution in [2.24, 2.45) is 0 Å². The fraction of sp³-hybridized carbons (Fsp3) is 0.348. The van der Waals surface area contributed by atoms with E-state index in [1.165, 1.54) is 0 Å². The fourth-order valence-corrected chi connectivity index (χ4v) is 4.98. The van der Waals surface area contributed by atoms with E-state index in [1.807, 2.05) is 18.2 Å². The number of fused-ring (bicyclic) bond motifs is 1. The van der Waals surface area contributed by atoms with E-state index in [-0.39, 0.29) is 30.4 Å². The molecule has 2 aromatic rings. The lowest BCUT2D eigenvalue weighted by atomic mass is 9.85. The van der Waals surface area contributed by atoms with Gasteiger partial charge in [-0.3, -0.25) is 9.59 Å². The molecule has 2 aliphatic rings. The number of rotatable bonds is 4. The van der Waals surface area contributed by atoms with E-state index in [4.69, 9.17) is 23.2 Å². The summed E-state index contributed by atoms with van der Waals surface area (Å²) < 4.78 is 0. The molecule has 2 fully saturated rings. The maximum absolute atomic E-state index is 13.3. The first kappa shape index (κ1) is 22.4. The zero-order valence-corrected chi connectivity index (χ0v) is 18.8. The lowest BCUT2D eigenvalue weighted by Gasteiger charge is -2.47. The standard InChI is InChI=1S/C23H24Cl2N4O3/c24-14-10-15(25)12-17(11-14)26-21(30)13-20-22(31)28-18-8-4-5-9-19(18)29(20)23(32)27-16-6-2-1-3-7-16/h1-3,6-7,10-12,18-20H,4-5,8-9,13H2,(H,26,30)(H,27,32)(H,28,31)/t18-,19-,20-/m1/s1. The number of carbonyl (C=O) groups excluding carboxylic acids is 3. The van der Waals surface area contributed by atoms with Crippen LogP contribution >= 0.6 is 23.2 Å². The van der Waals surface area contributed by atoms with Gasteiger partial charge in [0, 0.05) is 27.5 Å². The van der Waals surface area contributed by atoms with Gasteiger partial charge in [-0.15, -0.1) is 0 Å². The second-order valence-corrected chi connectivity index (χ2v) is 8.97. The van der Waals surface area contributed by atoms with Gasteiger partial charge < -0.3 is 20.9 Å². The van der Waals surface area contributed by atoms with Gasteiger partial charge in [-0.2, -0.15) is 0 Å². The fourth-order valence-electron chi connectivity index (χ4n) is 4.46. The molecular weight excluding hydrogens is 451 g/mol. The Labute approximate surface area is 196 Å². The maximum Gasteiger partial charge on any atom is 0.322 e. The van der Waals surface area contributed by atoms with Crippen molar-refractivity contribution in [2.75, 3.05) is 10.6 Å². The molecule has 1 aliphatic heterocycles. The molecule has 4 rings (SSSR count). The van der Waals surface area contributed by atoms with Crippen LogP contribution in [0.5, 0.6) is 0 Å². The molecule has 1 saturated heterocycles. The minimum Gasteiger partial charge on any atom is -0.349 e. The molecule has 3 N–H and O–H groups in total. The summed E-state index contributed by atoms with van der Waals surface area (Å²) in [6.07, 6.45) is 3.37. The Bertz CT molecular complexity index is 997. The number of nitrogens with one attached hydrogen (secondary N) is 3. The molecule has 0 spiro atoms. The summed E-state index contributed by atoms with van der Waals surface area (Å²) in [4.78, 5) is 40.6. The third kappa shape index (κ3) is 5.16. The van der Waals surface area contributed by atoms with Gasteiger partial charge in [-0.1, -0.05) is 54.2 Å². The molecular formula is C23H24Cl2N4O3. The lowest BCUT2D eigenvalue weighted by molar-refractivity contribution is -0.135. The largest absolute Gasteiger partial charge is 0.349 e. The topological polar surface area (TPSA) is 90.5 Å². The quantitative estimate of drug-likeness (QED) is 0.601. The number of piperazine rings is 1. The number of benzene rings is 2. The Kier molecular flexibility index (Phi) is 6.86. The molecule has 7 nitrogen and oxygen atoms in total. The van der Waals surface area contributed by atoms with E-state index < -0.39 is 11.9 Å². The van der Waals surface area contributed by atoms with E-state index >= 15 is 0 Å². The Morgan fingerprint density at radius 3 is 2.38 bits per heavy atom. The van der Waals surface area contributed by atoms with Crippen LogP contribution in [0.3, 0.4) is 0 Å². The summed E-state index contributed by atoms with van der Waals surface area (Å²) in [7, 11) is 0. The molecule has 9 heteroatoms. The lowest BCUT2D eigenvalue weighted by Crippen LogP contribution is -2.68. The zero-order valence-electron chi connectivity index (χ0n) is 17.3. The molecule has 3 atom stereocenters. The van der Waals surface area contributed by atoms with Gasteiger partial charge in [0.1, 0.15) is 6.04 Å². The van der Waals surface area contributed by atoms with Gasteiger partial charge in [0.05, 0.1) is 12.5 Å². The summed E-state index contributed by atoms with van der Waals surface area (Å²) in [6.45, 7) is 0. The number of para-hydroxylation sites is 1. The van der Waals surface area contributed by atoms with Gasteiger partial charge in [-0.25, -0.2) is 4.79 Å². The number of urea groups is 1. The third-order valence-corrected chi connectivity index (χ3v) is 6.27. The minimum absolute atomic E-state index is 0.108. The van der Waals surface area contributed by atoms with Crippen molar-refractivity contribution in [3.63, 3.8) is 0 Å². The summed E-state index contributed by atoms with van der Waals surface area (Å²) >= 11 is 12.0. The summed E-state index contributed by atoms with van der Waals surface area (Å²) in [5, 5.41) is 9.39. The average Bonchev–Trinajstić information content (AvgIpc) is 2.74. The van der Waals surface area contributed by atoms with Gasteiger partial charge in [-0.05, 0) is 43.2 Å². The predicted octanol–water partition coefficient (Wildman–Crippen LogP) is 4.67. The van der Waals surface area contributed by atoms with E-state index in [1.54, 1.807) is 35.2 Å². The van der Waals surface area contributed by atoms with Crippen LogP contribution in [0, 0.1) is 0 Å². The van der Waals surface area contributed by atoms with Crippen molar-refractivity contribution in [1.82, 2.24) is 10.2 Å². The van der Waals surface area contributed by atoms with E-state index in [9.17, 15) is 14.4 Å². The highest BCUT2D eigenvalue weighted by Crippen LogP contribution is 2.30. The number of nitrogens with zero attached hydrogens (tertiary/aromatic N) is 1. The minimum atomic E-state index is -0.923. The predicted molar refractivity (Wildman–Crippen MR) is 125 cm³/mol. The molecule has 32 heavy (non-hydrogen) atoms. The number of anilines is 2. The third-order valence-electron chi connectivity index (χ3n) is 5.84. The first-order chi connectivity index (χ1) is 15.4. The Hall–Kier alpha value is -2.77. The number of hydrogen-bond donors (Lipinski definition) is 3. The normalized spacial score (nSPS) is 22.5. The Morgan fingerprint density at radius 1 is 0.969 bits per heavy atom. The molecule has 0 bridgehead atoms. The van der Waals surface area contributed by atoms with E-state index in [0.29, 0.717) is 21.4 Å². The van der Waals surface area contributed by atoms with Crippen LogP contribution in [-0.4, -0.2) is 40.9 Å². The van der Waals surface area contributed by atoms with Crippen molar-refractivity contribution < 1.29 is 14.4 Å². The number of halogens is 2. The molecule has 1 saturated carbocycles. The second kappa shape index (κ2) is 9.79. The number of carbonyl (C=O) groups is 3. The molecule has 168 valence electrons. The molecule has 1 aliphatic carbocycles. The smallest absolute Gasteiger partial charge is 0.322 e. The van der Waals surface area contributed by atoms with Crippen molar-refractivity contribution in [3.8, 4) is 0 Å². The van der Waals surface area contributed by atoms with Crippen molar-refractivity contribution >= 4 is 52.4 Å². The van der Waals surface area contributed by atoms with Crippen molar-refractivity contribution in [2.45, 2.75) is 50.2 Å². The number of hydrogen-bond acceptors (Lipinski definition) is 3. The highest BCUT2D eigenvalue weighted by molar-refractivity contribution is 6.35.